The third-order valence-electron chi connectivity index (χ3n) is 4.70. The monoisotopic (exact) mass is 442 g/mol. The van der Waals surface area contributed by atoms with Crippen molar-refractivity contribution in [1.29, 1.82) is 0 Å². The highest BCUT2D eigenvalue weighted by Crippen LogP contribution is 2.27. The minimum absolute atomic E-state index is 0.0377. The van der Waals surface area contributed by atoms with Gasteiger partial charge in [0.05, 0.1) is 16.9 Å². The fraction of sp³-hybridized carbons (Fsp3) is 0.0417. The van der Waals surface area contributed by atoms with Crippen LogP contribution >= 0.6 is 0 Å². The number of nitrogens with zero attached hydrogens (tertiary/aromatic N) is 2. The van der Waals surface area contributed by atoms with Crippen molar-refractivity contribution in [2.75, 3.05) is 10.5 Å². The molecule has 1 unspecified atom stereocenters. The van der Waals surface area contributed by atoms with Crippen molar-refractivity contribution in [3.63, 3.8) is 0 Å². The first-order valence-electron chi connectivity index (χ1n) is 9.56. The minimum atomic E-state index is -1.57. The van der Waals surface area contributed by atoms with E-state index in [1.807, 2.05) is 43.3 Å². The summed E-state index contributed by atoms with van der Waals surface area (Å²) in [4.78, 5) is 19.9. The molecule has 8 heteroatoms. The number of carboxylic acid groups (broad SMARTS) is 1. The van der Waals surface area contributed by atoms with E-state index in [4.69, 9.17) is 10.8 Å². The number of fused-ring (bicyclic) bond motifs is 1. The SMILES string of the molecule is Cc1ccc2cccnc2c1[S+]([O-])Nc1ccccc1C#Cc1cnc(C(=O)O)c(N)c1. The summed E-state index contributed by atoms with van der Waals surface area (Å²) < 4.78 is 16.3. The quantitative estimate of drug-likeness (QED) is 0.325. The fourth-order valence-electron chi connectivity index (χ4n) is 3.15. The second-order valence-corrected chi connectivity index (χ2v) is 8.07. The van der Waals surface area contributed by atoms with E-state index in [2.05, 4.69) is 26.5 Å². The molecule has 2 heterocycles. The lowest BCUT2D eigenvalue weighted by molar-refractivity contribution is 0.0691. The van der Waals surface area contributed by atoms with Gasteiger partial charge in [-0.2, -0.15) is 0 Å². The number of benzene rings is 2. The van der Waals surface area contributed by atoms with Crippen LogP contribution in [-0.2, 0) is 11.4 Å². The van der Waals surface area contributed by atoms with Gasteiger partial charge in [0.25, 0.3) is 0 Å². The van der Waals surface area contributed by atoms with E-state index in [1.165, 1.54) is 12.3 Å². The molecule has 0 saturated carbocycles. The van der Waals surface area contributed by atoms with Gasteiger partial charge in [0.15, 0.2) is 5.69 Å². The number of nitrogen functional groups attached to an aromatic ring is 1. The van der Waals surface area contributed by atoms with Gasteiger partial charge in [-0.05, 0) is 31.2 Å². The Morgan fingerprint density at radius 1 is 1.12 bits per heavy atom. The molecule has 0 spiro atoms. The van der Waals surface area contributed by atoms with Gasteiger partial charge in [-0.3, -0.25) is 4.98 Å². The maximum absolute atomic E-state index is 13.3. The van der Waals surface area contributed by atoms with Crippen molar-refractivity contribution >= 4 is 39.6 Å². The molecule has 4 aromatic rings. The summed E-state index contributed by atoms with van der Waals surface area (Å²) in [5.41, 5.74) is 8.79. The Morgan fingerprint density at radius 2 is 1.94 bits per heavy atom. The van der Waals surface area contributed by atoms with Gasteiger partial charge in [-0.15, -0.1) is 0 Å². The number of aromatic carboxylic acids is 1. The number of para-hydroxylation sites is 1. The Balaban J connectivity index is 1.65. The van der Waals surface area contributed by atoms with Crippen molar-refractivity contribution < 1.29 is 14.5 Å². The molecule has 4 N–H and O–H groups in total. The normalized spacial score (nSPS) is 11.4. The van der Waals surface area contributed by atoms with Gasteiger partial charge in [0.1, 0.15) is 16.9 Å². The summed E-state index contributed by atoms with van der Waals surface area (Å²) in [6.07, 6.45) is 3.03. The highest BCUT2D eigenvalue weighted by atomic mass is 32.2. The molecule has 0 aliphatic carbocycles. The Labute approximate surface area is 187 Å². The maximum atomic E-state index is 13.3. The summed E-state index contributed by atoms with van der Waals surface area (Å²) >= 11 is -1.57. The Morgan fingerprint density at radius 3 is 2.72 bits per heavy atom. The Bertz CT molecular complexity index is 1400. The molecule has 0 bridgehead atoms. The Kier molecular flexibility index (Phi) is 5.94. The van der Waals surface area contributed by atoms with Crippen molar-refractivity contribution in [2.24, 2.45) is 0 Å². The third-order valence-corrected chi connectivity index (χ3v) is 5.99. The minimum Gasteiger partial charge on any atom is -0.588 e. The van der Waals surface area contributed by atoms with Crippen LogP contribution in [0.4, 0.5) is 11.4 Å². The fourth-order valence-corrected chi connectivity index (χ4v) is 4.34. The highest BCUT2D eigenvalue weighted by molar-refractivity contribution is 7.93. The molecule has 0 radical (unpaired) electrons. The zero-order valence-electron chi connectivity index (χ0n) is 17.0. The summed E-state index contributed by atoms with van der Waals surface area (Å²) in [6.45, 7) is 1.90. The number of aryl methyl sites for hydroxylation is 1. The number of nitrogens with one attached hydrogen (secondary N) is 1. The first kappa shape index (κ1) is 21.2. The van der Waals surface area contributed by atoms with Crippen LogP contribution in [0.1, 0.15) is 27.2 Å². The average Bonchev–Trinajstić information content (AvgIpc) is 2.78. The Hall–Kier alpha value is -4.06. The van der Waals surface area contributed by atoms with Gasteiger partial charge in [0.2, 0.25) is 4.90 Å². The van der Waals surface area contributed by atoms with Crippen LogP contribution in [0.3, 0.4) is 0 Å². The topological polar surface area (TPSA) is 124 Å². The smallest absolute Gasteiger partial charge is 0.356 e. The predicted molar refractivity (Wildman–Crippen MR) is 125 cm³/mol. The molecular weight excluding hydrogens is 424 g/mol. The molecule has 2 aromatic heterocycles. The van der Waals surface area contributed by atoms with E-state index in [0.717, 1.165) is 10.9 Å². The summed E-state index contributed by atoms with van der Waals surface area (Å²) in [6, 6.07) is 16.3. The number of anilines is 2. The molecule has 0 aliphatic heterocycles. The molecule has 0 amide bonds. The van der Waals surface area contributed by atoms with Crippen LogP contribution in [-0.4, -0.2) is 25.6 Å². The van der Waals surface area contributed by atoms with Crippen molar-refractivity contribution in [3.8, 4) is 11.8 Å². The lowest BCUT2D eigenvalue weighted by Gasteiger charge is -2.15. The van der Waals surface area contributed by atoms with Gasteiger partial charge in [0, 0.05) is 28.9 Å². The molecule has 0 saturated heterocycles. The van der Waals surface area contributed by atoms with Crippen LogP contribution in [0.25, 0.3) is 10.9 Å². The lowest BCUT2D eigenvalue weighted by Crippen LogP contribution is -2.16. The van der Waals surface area contributed by atoms with E-state index in [1.54, 1.807) is 18.3 Å². The number of pyridine rings is 2. The molecule has 4 rings (SSSR count). The molecular formula is C24H18N4O3S. The highest BCUT2D eigenvalue weighted by Gasteiger charge is 2.21. The summed E-state index contributed by atoms with van der Waals surface area (Å²) in [7, 11) is 0. The molecule has 1 atom stereocenters. The van der Waals surface area contributed by atoms with E-state index in [-0.39, 0.29) is 11.4 Å². The van der Waals surface area contributed by atoms with E-state index >= 15 is 0 Å². The van der Waals surface area contributed by atoms with Crippen LogP contribution in [0.2, 0.25) is 0 Å². The standard InChI is InChI=1S/C24H18N4O3S/c1-15-8-10-18-6-4-12-26-21(18)23(15)32(31)28-20-7-3-2-5-17(20)11-9-16-13-19(25)22(24(29)30)27-14-16/h2-8,10,12-14,28H,25H2,1H3,(H,29,30). The second-order valence-electron chi connectivity index (χ2n) is 6.92. The first-order chi connectivity index (χ1) is 15.4. The summed E-state index contributed by atoms with van der Waals surface area (Å²) in [5.74, 6) is 4.74. The van der Waals surface area contributed by atoms with E-state index in [9.17, 15) is 9.35 Å². The maximum Gasteiger partial charge on any atom is 0.356 e. The van der Waals surface area contributed by atoms with Crippen LogP contribution in [0.15, 0.2) is 71.9 Å². The van der Waals surface area contributed by atoms with Gasteiger partial charge < -0.3 is 15.4 Å². The number of carboxylic acids is 1. The van der Waals surface area contributed by atoms with Gasteiger partial charge in [-0.1, -0.05) is 42.2 Å². The number of rotatable bonds is 4. The van der Waals surface area contributed by atoms with Gasteiger partial charge in [-0.25, -0.2) is 14.5 Å². The first-order valence-corrected chi connectivity index (χ1v) is 10.7. The van der Waals surface area contributed by atoms with Crippen molar-refractivity contribution in [2.45, 2.75) is 11.8 Å². The predicted octanol–water partition coefficient (Wildman–Crippen LogP) is 3.75. The number of hydrogen-bond acceptors (Lipinski definition) is 6. The molecule has 7 nitrogen and oxygen atoms in total. The zero-order valence-corrected chi connectivity index (χ0v) is 17.8. The largest absolute Gasteiger partial charge is 0.588 e. The lowest BCUT2D eigenvalue weighted by atomic mass is 10.1. The summed E-state index contributed by atoms with van der Waals surface area (Å²) in [5, 5.41) is 9.95. The van der Waals surface area contributed by atoms with Crippen LogP contribution < -0.4 is 10.5 Å². The number of hydrogen-bond donors (Lipinski definition) is 3. The molecule has 0 fully saturated rings. The average molecular weight is 443 g/mol. The zero-order chi connectivity index (χ0) is 22.7. The molecule has 158 valence electrons. The molecule has 2 aromatic carbocycles. The van der Waals surface area contributed by atoms with Crippen LogP contribution in [0, 0.1) is 18.8 Å². The van der Waals surface area contributed by atoms with Crippen LogP contribution in [0.5, 0.6) is 0 Å². The molecule has 32 heavy (non-hydrogen) atoms. The van der Waals surface area contributed by atoms with E-state index in [0.29, 0.717) is 27.2 Å². The molecule has 0 aliphatic rings. The number of carbonyl (C=O) groups is 1. The van der Waals surface area contributed by atoms with E-state index < -0.39 is 17.3 Å². The van der Waals surface area contributed by atoms with Gasteiger partial charge >= 0.3 is 5.97 Å². The van der Waals surface area contributed by atoms with Crippen molar-refractivity contribution in [1.82, 2.24) is 9.97 Å². The second kappa shape index (κ2) is 8.98. The third kappa shape index (κ3) is 4.34. The number of aromatic nitrogens is 2. The number of nitrogens with two attached hydrogens (primary N) is 1. The van der Waals surface area contributed by atoms with Crippen molar-refractivity contribution in [3.05, 3.63) is 89.4 Å².